The van der Waals surface area contributed by atoms with Crippen LogP contribution in [0.15, 0.2) is 0 Å². The lowest BCUT2D eigenvalue weighted by atomic mass is 9.95. The van der Waals surface area contributed by atoms with Crippen molar-refractivity contribution in [1.29, 1.82) is 0 Å². The molecule has 2 heterocycles. The third kappa shape index (κ3) is 7.95. The first-order valence-electron chi connectivity index (χ1n) is 10.3. The van der Waals surface area contributed by atoms with E-state index in [0.29, 0.717) is 5.92 Å². The van der Waals surface area contributed by atoms with Gasteiger partial charge in [-0.25, -0.2) is 9.59 Å². The SMILES string of the molecule is CC(C)NC(=O)OC1CCCN(CC2CCN(C(=O)OC(C)(C)C)CC2)C1. The van der Waals surface area contributed by atoms with Crippen molar-refractivity contribution >= 4 is 12.2 Å². The Morgan fingerprint density at radius 2 is 1.78 bits per heavy atom. The number of hydrogen-bond donors (Lipinski definition) is 1. The van der Waals surface area contributed by atoms with Gasteiger partial charge in [-0.1, -0.05) is 0 Å². The summed E-state index contributed by atoms with van der Waals surface area (Å²) in [6.45, 7) is 13.9. The largest absolute Gasteiger partial charge is 0.445 e. The standard InChI is InChI=1S/C20H37N3O4/c1-15(2)21-18(24)26-17-7-6-10-22(14-17)13-16-8-11-23(12-9-16)19(25)27-20(3,4)5/h15-17H,6-14H2,1-5H3,(H,21,24). The van der Waals surface area contributed by atoms with Gasteiger partial charge < -0.3 is 19.7 Å². The molecule has 2 fully saturated rings. The van der Waals surface area contributed by atoms with Crippen molar-refractivity contribution in [2.45, 2.75) is 78.0 Å². The Morgan fingerprint density at radius 3 is 2.37 bits per heavy atom. The zero-order chi connectivity index (χ0) is 20.0. The van der Waals surface area contributed by atoms with Crippen LogP contribution in [0.1, 0.15) is 60.3 Å². The molecule has 2 amide bonds. The van der Waals surface area contributed by atoms with E-state index in [4.69, 9.17) is 9.47 Å². The van der Waals surface area contributed by atoms with E-state index in [9.17, 15) is 9.59 Å². The molecule has 7 heteroatoms. The average molecular weight is 384 g/mol. The normalized spacial score (nSPS) is 22.6. The van der Waals surface area contributed by atoms with E-state index in [1.54, 1.807) is 0 Å². The molecule has 0 saturated carbocycles. The summed E-state index contributed by atoms with van der Waals surface area (Å²) in [7, 11) is 0. The second-order valence-electron chi connectivity index (χ2n) is 9.14. The van der Waals surface area contributed by atoms with Crippen LogP contribution in [0, 0.1) is 5.92 Å². The minimum atomic E-state index is -0.446. The molecule has 1 atom stereocenters. The lowest BCUT2D eigenvalue weighted by molar-refractivity contribution is 0.0127. The van der Waals surface area contributed by atoms with E-state index < -0.39 is 5.60 Å². The first kappa shape index (κ1) is 21.8. The lowest BCUT2D eigenvalue weighted by Gasteiger charge is -2.38. The molecular weight excluding hydrogens is 346 g/mol. The zero-order valence-corrected chi connectivity index (χ0v) is 17.6. The minimum absolute atomic E-state index is 0.0284. The van der Waals surface area contributed by atoms with Gasteiger partial charge in [0, 0.05) is 32.2 Å². The molecule has 2 aliphatic rings. The van der Waals surface area contributed by atoms with Crippen LogP contribution >= 0.6 is 0 Å². The number of nitrogens with one attached hydrogen (secondary N) is 1. The summed E-state index contributed by atoms with van der Waals surface area (Å²) in [6, 6.07) is 0.0901. The molecule has 2 saturated heterocycles. The molecule has 7 nitrogen and oxygen atoms in total. The second-order valence-corrected chi connectivity index (χ2v) is 9.14. The molecule has 2 aliphatic heterocycles. The van der Waals surface area contributed by atoms with Crippen molar-refractivity contribution in [2.24, 2.45) is 5.92 Å². The molecule has 1 unspecified atom stereocenters. The molecule has 0 aliphatic carbocycles. The molecule has 0 aromatic rings. The summed E-state index contributed by atoms with van der Waals surface area (Å²) in [5, 5.41) is 2.79. The first-order valence-corrected chi connectivity index (χ1v) is 10.3. The topological polar surface area (TPSA) is 71.1 Å². The van der Waals surface area contributed by atoms with Gasteiger partial charge in [0.15, 0.2) is 0 Å². The summed E-state index contributed by atoms with van der Waals surface area (Å²) in [6.07, 6.45) is 3.42. The van der Waals surface area contributed by atoms with Gasteiger partial charge in [0.1, 0.15) is 11.7 Å². The van der Waals surface area contributed by atoms with Crippen LogP contribution in [0.2, 0.25) is 0 Å². The van der Waals surface area contributed by atoms with Crippen LogP contribution in [-0.4, -0.2) is 72.5 Å². The number of hydrogen-bond acceptors (Lipinski definition) is 5. The maximum absolute atomic E-state index is 12.2. The number of likely N-dealkylation sites (tertiary alicyclic amines) is 2. The highest BCUT2D eigenvalue weighted by molar-refractivity contribution is 5.68. The van der Waals surface area contributed by atoms with E-state index in [-0.39, 0.29) is 24.3 Å². The van der Waals surface area contributed by atoms with Crippen LogP contribution in [0.25, 0.3) is 0 Å². The van der Waals surface area contributed by atoms with Crippen LogP contribution in [0.3, 0.4) is 0 Å². The van der Waals surface area contributed by atoms with Gasteiger partial charge in [-0.2, -0.15) is 0 Å². The van der Waals surface area contributed by atoms with Gasteiger partial charge in [0.2, 0.25) is 0 Å². The minimum Gasteiger partial charge on any atom is -0.445 e. The highest BCUT2D eigenvalue weighted by Crippen LogP contribution is 2.23. The van der Waals surface area contributed by atoms with E-state index in [1.807, 2.05) is 39.5 Å². The molecule has 1 N–H and O–H groups in total. The predicted molar refractivity (Wildman–Crippen MR) is 105 cm³/mol. The summed E-state index contributed by atoms with van der Waals surface area (Å²) < 4.78 is 11.0. The fourth-order valence-corrected chi connectivity index (χ4v) is 3.69. The Kier molecular flexibility index (Phi) is 7.77. The Labute approximate surface area is 163 Å². The van der Waals surface area contributed by atoms with Crippen molar-refractivity contribution in [2.75, 3.05) is 32.7 Å². The van der Waals surface area contributed by atoms with Gasteiger partial charge in [-0.3, -0.25) is 4.90 Å². The Balaban J connectivity index is 1.72. The van der Waals surface area contributed by atoms with Crippen molar-refractivity contribution < 1.29 is 19.1 Å². The third-order valence-electron chi connectivity index (χ3n) is 4.93. The number of rotatable bonds is 4. The Morgan fingerprint density at radius 1 is 1.11 bits per heavy atom. The van der Waals surface area contributed by atoms with Gasteiger partial charge >= 0.3 is 12.2 Å². The number of carbonyl (C=O) groups excluding carboxylic acids is 2. The highest BCUT2D eigenvalue weighted by Gasteiger charge is 2.29. The van der Waals surface area contributed by atoms with E-state index in [1.165, 1.54) is 0 Å². The van der Waals surface area contributed by atoms with Crippen molar-refractivity contribution in [1.82, 2.24) is 15.1 Å². The number of carbonyl (C=O) groups is 2. The van der Waals surface area contributed by atoms with Crippen molar-refractivity contribution in [3.05, 3.63) is 0 Å². The molecule has 156 valence electrons. The van der Waals surface area contributed by atoms with Gasteiger partial charge in [0.05, 0.1) is 0 Å². The summed E-state index contributed by atoms with van der Waals surface area (Å²) in [5.74, 6) is 0.576. The molecular formula is C20H37N3O4. The first-order chi connectivity index (χ1) is 12.6. The monoisotopic (exact) mass is 383 g/mol. The van der Waals surface area contributed by atoms with Crippen LogP contribution < -0.4 is 5.32 Å². The smallest absolute Gasteiger partial charge is 0.410 e. The lowest BCUT2D eigenvalue weighted by Crippen LogP contribution is -2.47. The van der Waals surface area contributed by atoms with E-state index >= 15 is 0 Å². The molecule has 0 aromatic carbocycles. The average Bonchev–Trinajstić information content (AvgIpc) is 2.53. The van der Waals surface area contributed by atoms with Crippen LogP contribution in [0.4, 0.5) is 9.59 Å². The van der Waals surface area contributed by atoms with Crippen LogP contribution in [-0.2, 0) is 9.47 Å². The van der Waals surface area contributed by atoms with Crippen molar-refractivity contribution in [3.8, 4) is 0 Å². The molecule has 0 aromatic heterocycles. The summed E-state index contributed by atoms with van der Waals surface area (Å²) >= 11 is 0. The molecule has 27 heavy (non-hydrogen) atoms. The van der Waals surface area contributed by atoms with Gasteiger partial charge in [-0.05, 0) is 72.8 Å². The van der Waals surface area contributed by atoms with E-state index in [0.717, 1.165) is 58.4 Å². The molecule has 0 radical (unpaired) electrons. The van der Waals surface area contributed by atoms with Gasteiger partial charge in [0.25, 0.3) is 0 Å². The van der Waals surface area contributed by atoms with Crippen molar-refractivity contribution in [3.63, 3.8) is 0 Å². The van der Waals surface area contributed by atoms with E-state index in [2.05, 4.69) is 10.2 Å². The second kappa shape index (κ2) is 9.62. The zero-order valence-electron chi connectivity index (χ0n) is 17.6. The fraction of sp³-hybridized carbons (Fsp3) is 0.900. The van der Waals surface area contributed by atoms with Gasteiger partial charge in [-0.15, -0.1) is 0 Å². The van der Waals surface area contributed by atoms with Crippen LogP contribution in [0.5, 0.6) is 0 Å². The number of ether oxygens (including phenoxy) is 2. The Bertz CT molecular complexity index is 496. The Hall–Kier alpha value is -1.50. The maximum Gasteiger partial charge on any atom is 0.410 e. The quantitative estimate of drug-likeness (QED) is 0.807. The fourth-order valence-electron chi connectivity index (χ4n) is 3.69. The third-order valence-corrected chi connectivity index (χ3v) is 4.93. The maximum atomic E-state index is 12.2. The predicted octanol–water partition coefficient (Wildman–Crippen LogP) is 3.23. The summed E-state index contributed by atoms with van der Waals surface area (Å²) in [5.41, 5.74) is -0.446. The molecule has 0 bridgehead atoms. The molecule has 2 rings (SSSR count). The molecule has 0 spiro atoms. The number of piperidine rings is 2. The summed E-state index contributed by atoms with van der Waals surface area (Å²) in [4.78, 5) is 28.2. The number of nitrogens with zero attached hydrogens (tertiary/aromatic N) is 2. The highest BCUT2D eigenvalue weighted by atomic mass is 16.6. The number of amides is 2. The number of alkyl carbamates (subject to hydrolysis) is 1.